The molecule has 1 atom stereocenters. The molecule has 1 saturated heterocycles. The van der Waals surface area contributed by atoms with Gasteiger partial charge in [0.25, 0.3) is 0 Å². The van der Waals surface area contributed by atoms with Gasteiger partial charge in [-0.3, -0.25) is 4.79 Å². The van der Waals surface area contributed by atoms with Crippen LogP contribution in [-0.2, 0) is 4.79 Å². The van der Waals surface area contributed by atoms with Crippen molar-refractivity contribution in [3.05, 3.63) is 48.3 Å². The number of rotatable bonds is 4. The van der Waals surface area contributed by atoms with Crippen molar-refractivity contribution >= 4 is 23.1 Å². The highest BCUT2D eigenvalue weighted by molar-refractivity contribution is 5.99. The molecule has 0 bridgehead atoms. The van der Waals surface area contributed by atoms with Gasteiger partial charge in [-0.1, -0.05) is 18.2 Å². The monoisotopic (exact) mass is 348 g/mol. The van der Waals surface area contributed by atoms with Crippen molar-refractivity contribution in [1.82, 2.24) is 19.8 Å². The molecular weight excluding hydrogens is 328 g/mol. The maximum Gasteiger partial charge on any atom is 0.249 e. The minimum absolute atomic E-state index is 0.0931. The first-order valence-electron chi connectivity index (χ1n) is 9.15. The molecule has 1 saturated carbocycles. The molecule has 0 spiro atoms. The molecule has 1 amide bonds. The molecule has 2 aliphatic rings. The van der Waals surface area contributed by atoms with Crippen LogP contribution in [0.4, 0.5) is 11.5 Å². The van der Waals surface area contributed by atoms with Crippen molar-refractivity contribution in [3.8, 4) is 0 Å². The maximum absolute atomic E-state index is 12.9. The summed E-state index contributed by atoms with van der Waals surface area (Å²) in [5, 5.41) is 16.4. The fraction of sp³-hybridized carbons (Fsp3) is 0.368. The van der Waals surface area contributed by atoms with E-state index in [4.69, 9.17) is 0 Å². The Hall–Kier alpha value is -2.96. The number of amides is 1. The Balaban J connectivity index is 1.39. The second kappa shape index (κ2) is 6.09. The zero-order valence-electron chi connectivity index (χ0n) is 14.4. The minimum Gasteiger partial charge on any atom is -0.357 e. The number of nitrogens with zero attached hydrogens (tertiary/aromatic N) is 5. The number of aromatic nitrogens is 4. The van der Waals surface area contributed by atoms with Gasteiger partial charge in [-0.2, -0.15) is 4.52 Å². The highest BCUT2D eigenvalue weighted by Crippen LogP contribution is 2.38. The van der Waals surface area contributed by atoms with E-state index < -0.39 is 0 Å². The molecule has 1 aliphatic heterocycles. The van der Waals surface area contributed by atoms with E-state index in [1.165, 1.54) is 0 Å². The van der Waals surface area contributed by atoms with Crippen molar-refractivity contribution in [2.75, 3.05) is 16.8 Å². The van der Waals surface area contributed by atoms with Crippen LogP contribution in [0.1, 0.15) is 37.4 Å². The molecule has 5 rings (SSSR count). The molecule has 0 unspecified atom stereocenters. The van der Waals surface area contributed by atoms with Crippen LogP contribution in [0.5, 0.6) is 0 Å². The number of anilines is 2. The van der Waals surface area contributed by atoms with Gasteiger partial charge in [-0.05, 0) is 49.9 Å². The molecule has 1 N–H and O–H groups in total. The number of piperidine rings is 1. The second-order valence-electron chi connectivity index (χ2n) is 6.99. The molecule has 26 heavy (non-hydrogen) atoms. The molecular formula is C19H20N6O. The van der Waals surface area contributed by atoms with Crippen LogP contribution in [0, 0.1) is 0 Å². The molecule has 0 radical (unpaired) electrons. The Kier molecular flexibility index (Phi) is 3.58. The third-order valence-electron chi connectivity index (χ3n) is 5.06. The Bertz CT molecular complexity index is 949. The predicted octanol–water partition coefficient (Wildman–Crippen LogP) is 2.61. The van der Waals surface area contributed by atoms with Crippen LogP contribution in [0.2, 0.25) is 0 Å². The first kappa shape index (κ1) is 15.3. The molecule has 1 aliphatic carbocycles. The van der Waals surface area contributed by atoms with Crippen molar-refractivity contribution in [1.29, 1.82) is 0 Å². The van der Waals surface area contributed by atoms with Gasteiger partial charge < -0.3 is 10.2 Å². The summed E-state index contributed by atoms with van der Waals surface area (Å²) < 4.78 is 1.81. The van der Waals surface area contributed by atoms with Gasteiger partial charge in [0.2, 0.25) is 5.91 Å². The van der Waals surface area contributed by atoms with Crippen LogP contribution in [-0.4, -0.2) is 38.3 Å². The number of benzene rings is 1. The van der Waals surface area contributed by atoms with E-state index in [2.05, 4.69) is 20.6 Å². The lowest BCUT2D eigenvalue weighted by molar-refractivity contribution is -0.120. The average Bonchev–Trinajstić information content (AvgIpc) is 3.44. The van der Waals surface area contributed by atoms with E-state index in [9.17, 15) is 4.79 Å². The third kappa shape index (κ3) is 2.69. The number of hydrogen-bond acceptors (Lipinski definition) is 5. The number of carbonyl (C=O) groups is 1. The standard InChI is InChI=1S/C19H20N6O/c26-19-15(7-4-12-24(19)14-5-2-1-3-6-14)20-16-10-11-17-21-22-18(13-8-9-13)25(17)23-16/h1-3,5-6,10-11,13,15H,4,7-9,12H2,(H,20,23)/t15-/m0/s1. The Labute approximate surface area is 151 Å². The van der Waals surface area contributed by atoms with E-state index in [0.717, 1.165) is 49.4 Å². The fourth-order valence-electron chi connectivity index (χ4n) is 3.53. The number of hydrogen-bond donors (Lipinski definition) is 1. The van der Waals surface area contributed by atoms with Crippen LogP contribution in [0.25, 0.3) is 5.65 Å². The first-order valence-corrected chi connectivity index (χ1v) is 9.15. The third-order valence-corrected chi connectivity index (χ3v) is 5.06. The van der Waals surface area contributed by atoms with Crippen LogP contribution in [0.3, 0.4) is 0 Å². The van der Waals surface area contributed by atoms with Gasteiger partial charge >= 0.3 is 0 Å². The molecule has 7 heteroatoms. The summed E-state index contributed by atoms with van der Waals surface area (Å²) in [6.45, 7) is 0.755. The minimum atomic E-state index is -0.269. The maximum atomic E-state index is 12.9. The molecule has 1 aromatic carbocycles. The molecule has 2 aromatic heterocycles. The zero-order valence-corrected chi connectivity index (χ0v) is 14.4. The lowest BCUT2D eigenvalue weighted by Crippen LogP contribution is -2.47. The summed E-state index contributed by atoms with van der Waals surface area (Å²) in [5.41, 5.74) is 1.69. The molecule has 7 nitrogen and oxygen atoms in total. The van der Waals surface area contributed by atoms with Crippen molar-refractivity contribution in [2.24, 2.45) is 0 Å². The van der Waals surface area contributed by atoms with E-state index in [1.54, 1.807) is 0 Å². The van der Waals surface area contributed by atoms with Gasteiger partial charge in [-0.25, -0.2) is 0 Å². The Morgan fingerprint density at radius 1 is 1.00 bits per heavy atom. The van der Waals surface area contributed by atoms with E-state index in [0.29, 0.717) is 11.7 Å². The van der Waals surface area contributed by atoms with Gasteiger partial charge in [0.1, 0.15) is 11.9 Å². The lowest BCUT2D eigenvalue weighted by Gasteiger charge is -2.32. The van der Waals surface area contributed by atoms with E-state index in [1.807, 2.05) is 51.9 Å². The summed E-state index contributed by atoms with van der Waals surface area (Å²) >= 11 is 0. The first-order chi connectivity index (χ1) is 12.8. The Morgan fingerprint density at radius 2 is 1.85 bits per heavy atom. The van der Waals surface area contributed by atoms with Crippen LogP contribution in [0.15, 0.2) is 42.5 Å². The molecule has 2 fully saturated rings. The topological polar surface area (TPSA) is 75.4 Å². The quantitative estimate of drug-likeness (QED) is 0.784. The van der Waals surface area contributed by atoms with Crippen molar-refractivity contribution < 1.29 is 4.79 Å². The smallest absolute Gasteiger partial charge is 0.249 e. The number of carbonyl (C=O) groups excluding carboxylic acids is 1. The fourth-order valence-corrected chi connectivity index (χ4v) is 3.53. The van der Waals surface area contributed by atoms with E-state index >= 15 is 0 Å². The van der Waals surface area contributed by atoms with Gasteiger partial charge in [0, 0.05) is 18.2 Å². The van der Waals surface area contributed by atoms with Crippen molar-refractivity contribution in [2.45, 2.75) is 37.6 Å². The van der Waals surface area contributed by atoms with Crippen LogP contribution >= 0.6 is 0 Å². The summed E-state index contributed by atoms with van der Waals surface area (Å²) in [5.74, 6) is 2.17. The number of fused-ring (bicyclic) bond motifs is 1. The highest BCUT2D eigenvalue weighted by atomic mass is 16.2. The average molecular weight is 348 g/mol. The molecule has 3 heterocycles. The molecule has 132 valence electrons. The summed E-state index contributed by atoms with van der Waals surface area (Å²) in [6, 6.07) is 13.3. The van der Waals surface area contributed by atoms with Gasteiger partial charge in [0.05, 0.1) is 0 Å². The highest BCUT2D eigenvalue weighted by Gasteiger charge is 2.31. The predicted molar refractivity (Wildman–Crippen MR) is 98.2 cm³/mol. The summed E-state index contributed by atoms with van der Waals surface area (Å²) in [7, 11) is 0. The van der Waals surface area contributed by atoms with Crippen molar-refractivity contribution in [3.63, 3.8) is 0 Å². The van der Waals surface area contributed by atoms with Gasteiger partial charge in [-0.15, -0.1) is 15.3 Å². The second-order valence-corrected chi connectivity index (χ2v) is 6.99. The lowest BCUT2D eigenvalue weighted by atomic mass is 10.0. The molecule has 3 aromatic rings. The van der Waals surface area contributed by atoms with Gasteiger partial charge in [0.15, 0.2) is 11.5 Å². The summed E-state index contributed by atoms with van der Waals surface area (Å²) in [4.78, 5) is 14.8. The number of nitrogens with one attached hydrogen (secondary N) is 1. The SMILES string of the molecule is O=C1[C@@H](Nc2ccc3nnc(C4CC4)n3n2)CCCN1c1ccccc1. The summed E-state index contributed by atoms with van der Waals surface area (Å²) in [6.07, 6.45) is 4.06. The normalized spacial score (nSPS) is 20.5. The largest absolute Gasteiger partial charge is 0.357 e. The number of para-hydroxylation sites is 1. The van der Waals surface area contributed by atoms with Crippen LogP contribution < -0.4 is 10.2 Å². The zero-order chi connectivity index (χ0) is 17.5. The Morgan fingerprint density at radius 3 is 2.65 bits per heavy atom. The van der Waals surface area contributed by atoms with E-state index in [-0.39, 0.29) is 11.9 Å².